The van der Waals surface area contributed by atoms with E-state index in [2.05, 4.69) is 4.98 Å². The number of benzene rings is 1. The first-order chi connectivity index (χ1) is 11.8. The molecule has 3 rings (SSSR count). The lowest BCUT2D eigenvalue weighted by molar-refractivity contribution is 0.0970. The molecule has 1 aromatic carbocycles. The van der Waals surface area contributed by atoms with Crippen LogP contribution in [0.2, 0.25) is 0 Å². The largest absolute Gasteiger partial charge is 0.292 e. The molecular weight excluding hydrogens is 360 g/mol. The van der Waals surface area contributed by atoms with Gasteiger partial charge in [-0.1, -0.05) is 19.1 Å². The maximum absolute atomic E-state index is 12.5. The summed E-state index contributed by atoms with van der Waals surface area (Å²) in [7, 11) is -3.31. The normalized spacial score (nSPS) is 11.8. The molecule has 25 heavy (non-hydrogen) atoms. The zero-order valence-electron chi connectivity index (χ0n) is 13.7. The molecule has 0 spiro atoms. The van der Waals surface area contributed by atoms with Crippen LogP contribution in [0.1, 0.15) is 22.2 Å². The SMILES string of the molecule is CCc1cc2c(=O)n(CC(=O)c3ccc(S(C)(=O)=O)cc3)cnc2s1. The molecule has 0 saturated carbocycles. The Bertz CT molecular complexity index is 1110. The number of aryl methyl sites for hydroxylation is 1. The highest BCUT2D eigenvalue weighted by atomic mass is 32.2. The quantitative estimate of drug-likeness (QED) is 0.638. The highest BCUT2D eigenvalue weighted by Gasteiger charge is 2.13. The van der Waals surface area contributed by atoms with E-state index in [9.17, 15) is 18.0 Å². The van der Waals surface area contributed by atoms with Crippen molar-refractivity contribution in [1.29, 1.82) is 0 Å². The number of aromatic nitrogens is 2. The molecule has 2 aromatic heterocycles. The van der Waals surface area contributed by atoms with Gasteiger partial charge >= 0.3 is 0 Å². The number of hydrogen-bond donors (Lipinski definition) is 0. The second kappa shape index (κ2) is 6.53. The monoisotopic (exact) mass is 376 g/mol. The minimum Gasteiger partial charge on any atom is -0.292 e. The molecule has 0 bridgehead atoms. The summed E-state index contributed by atoms with van der Waals surface area (Å²) in [6, 6.07) is 7.50. The van der Waals surface area contributed by atoms with Gasteiger partial charge in [-0.25, -0.2) is 13.4 Å². The number of carbonyl (C=O) groups excluding carboxylic acids is 1. The Morgan fingerprint density at radius 3 is 2.52 bits per heavy atom. The standard InChI is InChI=1S/C17H16N2O4S2/c1-3-12-8-14-16(24-12)18-10-19(17(14)21)9-15(20)11-4-6-13(7-5-11)25(2,22)23/h4-8,10H,3,9H2,1-2H3. The lowest BCUT2D eigenvalue weighted by atomic mass is 10.1. The van der Waals surface area contributed by atoms with Gasteiger partial charge in [0.25, 0.3) is 5.56 Å². The van der Waals surface area contributed by atoms with Crippen LogP contribution in [0.5, 0.6) is 0 Å². The van der Waals surface area contributed by atoms with E-state index in [4.69, 9.17) is 0 Å². The second-order valence-electron chi connectivity index (χ2n) is 5.68. The van der Waals surface area contributed by atoms with Crippen LogP contribution in [0.4, 0.5) is 0 Å². The van der Waals surface area contributed by atoms with Crippen LogP contribution in [0.15, 0.2) is 46.3 Å². The molecule has 0 aliphatic carbocycles. The molecule has 3 aromatic rings. The van der Waals surface area contributed by atoms with Crippen LogP contribution in [0, 0.1) is 0 Å². The van der Waals surface area contributed by atoms with E-state index in [1.807, 2.05) is 13.0 Å². The first kappa shape index (κ1) is 17.5. The van der Waals surface area contributed by atoms with Crippen molar-refractivity contribution in [2.45, 2.75) is 24.8 Å². The number of hydrogen-bond acceptors (Lipinski definition) is 6. The van der Waals surface area contributed by atoms with Gasteiger partial charge in [0.2, 0.25) is 0 Å². The Hall–Kier alpha value is -2.32. The van der Waals surface area contributed by atoms with Gasteiger partial charge in [0, 0.05) is 16.7 Å². The molecule has 0 fully saturated rings. The van der Waals surface area contributed by atoms with E-state index in [-0.39, 0.29) is 22.8 Å². The van der Waals surface area contributed by atoms with E-state index in [0.717, 1.165) is 17.6 Å². The van der Waals surface area contributed by atoms with Crippen molar-refractivity contribution in [2.24, 2.45) is 0 Å². The minimum atomic E-state index is -3.31. The van der Waals surface area contributed by atoms with Crippen LogP contribution in [0.3, 0.4) is 0 Å². The van der Waals surface area contributed by atoms with Gasteiger partial charge < -0.3 is 0 Å². The highest BCUT2D eigenvalue weighted by molar-refractivity contribution is 7.90. The topological polar surface area (TPSA) is 86.1 Å². The highest BCUT2D eigenvalue weighted by Crippen LogP contribution is 2.21. The Kier molecular flexibility index (Phi) is 4.57. The minimum absolute atomic E-state index is 0.142. The van der Waals surface area contributed by atoms with Crippen molar-refractivity contribution < 1.29 is 13.2 Å². The molecule has 0 saturated heterocycles. The Labute approximate surface area is 148 Å². The Morgan fingerprint density at radius 2 is 1.92 bits per heavy atom. The van der Waals surface area contributed by atoms with Crippen molar-refractivity contribution in [3.8, 4) is 0 Å². The summed E-state index contributed by atoms with van der Waals surface area (Å²) >= 11 is 1.47. The second-order valence-corrected chi connectivity index (χ2v) is 8.81. The van der Waals surface area contributed by atoms with Crippen LogP contribution in [0.25, 0.3) is 10.2 Å². The van der Waals surface area contributed by atoms with Crippen LogP contribution < -0.4 is 5.56 Å². The van der Waals surface area contributed by atoms with Crippen molar-refractivity contribution in [3.05, 3.63) is 57.5 Å². The molecule has 2 heterocycles. The summed E-state index contributed by atoms with van der Waals surface area (Å²) in [5, 5.41) is 0.518. The van der Waals surface area contributed by atoms with Gasteiger partial charge in [-0.05, 0) is 24.6 Å². The van der Waals surface area contributed by atoms with Gasteiger partial charge in [-0.15, -0.1) is 11.3 Å². The molecular formula is C17H16N2O4S2. The smallest absolute Gasteiger partial charge is 0.262 e. The molecule has 0 atom stereocenters. The predicted octanol–water partition coefficient (Wildman–Crippen LogP) is 2.31. The number of Topliss-reactive ketones (excluding diaryl/α,β-unsaturated/α-hetero) is 1. The molecule has 8 heteroatoms. The molecule has 0 N–H and O–H groups in total. The summed E-state index contributed by atoms with van der Waals surface area (Å²) in [4.78, 5) is 31.0. The van der Waals surface area contributed by atoms with E-state index in [1.54, 1.807) is 0 Å². The number of fused-ring (bicyclic) bond motifs is 1. The first-order valence-corrected chi connectivity index (χ1v) is 10.3. The number of sulfone groups is 1. The fourth-order valence-corrected chi connectivity index (χ4v) is 3.99. The van der Waals surface area contributed by atoms with E-state index >= 15 is 0 Å². The van der Waals surface area contributed by atoms with Crippen molar-refractivity contribution in [2.75, 3.05) is 6.26 Å². The summed E-state index contributed by atoms with van der Waals surface area (Å²) in [6.45, 7) is 1.87. The number of thiophene rings is 1. The summed E-state index contributed by atoms with van der Waals surface area (Å²) in [5.74, 6) is -0.283. The molecule has 0 aliphatic rings. The zero-order chi connectivity index (χ0) is 18.2. The summed E-state index contributed by atoms with van der Waals surface area (Å²) in [6.07, 6.45) is 3.31. The van der Waals surface area contributed by atoms with E-state index in [1.165, 1.54) is 46.5 Å². The zero-order valence-corrected chi connectivity index (χ0v) is 15.4. The van der Waals surface area contributed by atoms with Gasteiger partial charge in [0.15, 0.2) is 15.6 Å². The van der Waals surface area contributed by atoms with Gasteiger partial charge in [0.1, 0.15) is 4.83 Å². The van der Waals surface area contributed by atoms with Crippen molar-refractivity contribution in [3.63, 3.8) is 0 Å². The van der Waals surface area contributed by atoms with Crippen LogP contribution in [-0.2, 0) is 22.8 Å². The average Bonchev–Trinajstić information content (AvgIpc) is 3.01. The van der Waals surface area contributed by atoms with Crippen LogP contribution >= 0.6 is 11.3 Å². The molecule has 0 unspecified atom stereocenters. The maximum Gasteiger partial charge on any atom is 0.262 e. The number of rotatable bonds is 5. The fourth-order valence-electron chi connectivity index (χ4n) is 2.43. The van der Waals surface area contributed by atoms with E-state index < -0.39 is 9.84 Å². The lowest BCUT2D eigenvalue weighted by Crippen LogP contribution is -2.24. The van der Waals surface area contributed by atoms with Gasteiger partial charge in [0.05, 0.1) is 23.2 Å². The van der Waals surface area contributed by atoms with Crippen LogP contribution in [-0.4, -0.2) is 30.0 Å². The Morgan fingerprint density at radius 1 is 1.24 bits per heavy atom. The van der Waals surface area contributed by atoms with E-state index in [0.29, 0.717) is 15.8 Å². The third kappa shape index (κ3) is 3.54. The Balaban J connectivity index is 1.89. The third-order valence-corrected chi connectivity index (χ3v) is 6.15. The molecule has 0 radical (unpaired) electrons. The van der Waals surface area contributed by atoms with Crippen molar-refractivity contribution >= 4 is 37.2 Å². The predicted molar refractivity (Wildman–Crippen MR) is 97.1 cm³/mol. The summed E-state index contributed by atoms with van der Waals surface area (Å²) < 4.78 is 24.2. The molecule has 6 nitrogen and oxygen atoms in total. The molecule has 130 valence electrons. The van der Waals surface area contributed by atoms with Crippen molar-refractivity contribution in [1.82, 2.24) is 9.55 Å². The fraction of sp³-hybridized carbons (Fsp3) is 0.235. The molecule has 0 amide bonds. The average molecular weight is 376 g/mol. The lowest BCUT2D eigenvalue weighted by Gasteiger charge is -2.05. The number of carbonyl (C=O) groups is 1. The van der Waals surface area contributed by atoms with Gasteiger partial charge in [-0.2, -0.15) is 0 Å². The number of ketones is 1. The first-order valence-electron chi connectivity index (χ1n) is 7.60. The number of nitrogens with zero attached hydrogens (tertiary/aromatic N) is 2. The maximum atomic E-state index is 12.5. The third-order valence-electron chi connectivity index (χ3n) is 3.84. The molecule has 0 aliphatic heterocycles. The van der Waals surface area contributed by atoms with Gasteiger partial charge in [-0.3, -0.25) is 14.2 Å². The summed E-state index contributed by atoms with van der Waals surface area (Å²) in [5.41, 5.74) is 0.0982.